The fourth-order valence-electron chi connectivity index (χ4n) is 2.89. The summed E-state index contributed by atoms with van der Waals surface area (Å²) in [6.07, 6.45) is 0.891. The van der Waals surface area contributed by atoms with Crippen molar-refractivity contribution in [2.75, 3.05) is 26.2 Å². The van der Waals surface area contributed by atoms with Gasteiger partial charge in [-0.2, -0.15) is 0 Å². The summed E-state index contributed by atoms with van der Waals surface area (Å²) >= 11 is 0. The van der Waals surface area contributed by atoms with Crippen LogP contribution in [0.5, 0.6) is 0 Å². The minimum absolute atomic E-state index is 0. The molecule has 0 saturated carbocycles. The summed E-state index contributed by atoms with van der Waals surface area (Å²) < 4.78 is 27.7. The highest BCUT2D eigenvalue weighted by Gasteiger charge is 2.20. The standard InChI is InChI=1S/C19H23N3O3S.ClH/c23-19(22-12-5-10-20-11-13-22)17-8-4-9-18(14-17)26(24,25)21-15-16-6-2-1-3-7-16;/h1-4,6-9,14,20-21H,5,10-13,15H2;1H. The Morgan fingerprint density at radius 2 is 1.81 bits per heavy atom. The first-order valence-corrected chi connectivity index (χ1v) is 10.2. The van der Waals surface area contributed by atoms with E-state index in [9.17, 15) is 13.2 Å². The molecule has 1 aliphatic heterocycles. The van der Waals surface area contributed by atoms with Crippen LogP contribution in [0, 0.1) is 0 Å². The van der Waals surface area contributed by atoms with E-state index in [0.29, 0.717) is 18.7 Å². The van der Waals surface area contributed by atoms with Crippen LogP contribution in [0.15, 0.2) is 59.5 Å². The summed E-state index contributed by atoms with van der Waals surface area (Å²) in [6, 6.07) is 15.5. The Labute approximate surface area is 166 Å². The molecule has 1 amide bonds. The summed E-state index contributed by atoms with van der Waals surface area (Å²) in [5, 5.41) is 3.25. The van der Waals surface area contributed by atoms with E-state index in [1.54, 1.807) is 17.0 Å². The third kappa shape index (κ3) is 5.77. The summed E-state index contributed by atoms with van der Waals surface area (Å²) in [5.74, 6) is -0.131. The molecular formula is C19H24ClN3O3S. The summed E-state index contributed by atoms with van der Waals surface area (Å²) in [5.41, 5.74) is 1.27. The molecule has 6 nitrogen and oxygen atoms in total. The predicted octanol–water partition coefficient (Wildman–Crippen LogP) is 2.02. The third-order valence-corrected chi connectivity index (χ3v) is 5.73. The molecule has 1 saturated heterocycles. The van der Waals surface area contributed by atoms with Gasteiger partial charge in [0.15, 0.2) is 0 Å². The van der Waals surface area contributed by atoms with E-state index in [2.05, 4.69) is 10.0 Å². The molecule has 0 spiro atoms. The Morgan fingerprint density at radius 3 is 2.59 bits per heavy atom. The van der Waals surface area contributed by atoms with Gasteiger partial charge in [-0.1, -0.05) is 36.4 Å². The average Bonchev–Trinajstić information content (AvgIpc) is 2.96. The molecule has 0 bridgehead atoms. The highest BCUT2D eigenvalue weighted by molar-refractivity contribution is 7.89. The normalized spacial score (nSPS) is 14.9. The van der Waals surface area contributed by atoms with Gasteiger partial charge in [0.1, 0.15) is 0 Å². The number of nitrogens with one attached hydrogen (secondary N) is 2. The number of halogens is 1. The number of rotatable bonds is 5. The van der Waals surface area contributed by atoms with Crippen LogP contribution in [0.3, 0.4) is 0 Å². The molecule has 0 unspecified atom stereocenters. The monoisotopic (exact) mass is 409 g/mol. The zero-order valence-corrected chi connectivity index (χ0v) is 16.6. The van der Waals surface area contributed by atoms with Crippen LogP contribution in [0.2, 0.25) is 0 Å². The summed E-state index contributed by atoms with van der Waals surface area (Å²) in [7, 11) is -3.69. The van der Waals surface area contributed by atoms with Crippen LogP contribution < -0.4 is 10.0 Å². The fourth-order valence-corrected chi connectivity index (χ4v) is 3.95. The van der Waals surface area contributed by atoms with Crippen molar-refractivity contribution in [3.63, 3.8) is 0 Å². The van der Waals surface area contributed by atoms with Gasteiger partial charge < -0.3 is 10.2 Å². The highest BCUT2D eigenvalue weighted by Crippen LogP contribution is 2.14. The Kier molecular flexibility index (Phi) is 7.79. The molecule has 1 heterocycles. The van der Waals surface area contributed by atoms with E-state index in [4.69, 9.17) is 0 Å². The Balaban J connectivity index is 0.00000261. The smallest absolute Gasteiger partial charge is 0.253 e. The lowest BCUT2D eigenvalue weighted by atomic mass is 10.2. The van der Waals surface area contributed by atoms with Gasteiger partial charge in [0.05, 0.1) is 4.90 Å². The Morgan fingerprint density at radius 1 is 1.04 bits per heavy atom. The Hall–Kier alpha value is -1.93. The topological polar surface area (TPSA) is 78.5 Å². The molecule has 0 aliphatic carbocycles. The molecule has 1 aliphatic rings. The van der Waals surface area contributed by atoms with Gasteiger partial charge in [-0.15, -0.1) is 12.4 Å². The SMILES string of the molecule is Cl.O=C(c1cccc(S(=O)(=O)NCc2ccccc2)c1)N1CCCNCC1. The first-order chi connectivity index (χ1) is 12.6. The van der Waals surface area contributed by atoms with Crippen LogP contribution in [0.4, 0.5) is 0 Å². The van der Waals surface area contributed by atoms with Gasteiger partial charge >= 0.3 is 0 Å². The molecule has 0 atom stereocenters. The van der Waals surface area contributed by atoms with Crippen LogP contribution in [-0.4, -0.2) is 45.4 Å². The third-order valence-electron chi connectivity index (χ3n) is 4.33. The van der Waals surface area contributed by atoms with Crippen molar-refractivity contribution in [2.45, 2.75) is 17.9 Å². The largest absolute Gasteiger partial charge is 0.337 e. The molecule has 0 radical (unpaired) electrons. The number of carbonyl (C=O) groups excluding carboxylic acids is 1. The van der Waals surface area contributed by atoms with Crippen molar-refractivity contribution in [2.24, 2.45) is 0 Å². The van der Waals surface area contributed by atoms with Gasteiger partial charge in [-0.25, -0.2) is 13.1 Å². The van der Waals surface area contributed by atoms with Crippen molar-refractivity contribution in [1.29, 1.82) is 0 Å². The molecular weight excluding hydrogens is 386 g/mol. The lowest BCUT2D eigenvalue weighted by Gasteiger charge is -2.20. The number of hydrogen-bond acceptors (Lipinski definition) is 4. The highest BCUT2D eigenvalue weighted by atomic mass is 35.5. The van der Waals surface area contributed by atoms with E-state index < -0.39 is 10.0 Å². The molecule has 8 heteroatoms. The lowest BCUT2D eigenvalue weighted by Crippen LogP contribution is -2.34. The maximum absolute atomic E-state index is 12.7. The predicted molar refractivity (Wildman–Crippen MR) is 108 cm³/mol. The molecule has 3 rings (SSSR count). The van der Waals surface area contributed by atoms with Gasteiger partial charge in [-0.05, 0) is 36.7 Å². The van der Waals surface area contributed by atoms with E-state index in [0.717, 1.165) is 25.1 Å². The van der Waals surface area contributed by atoms with Gasteiger partial charge in [0.2, 0.25) is 10.0 Å². The second kappa shape index (κ2) is 9.85. The van der Waals surface area contributed by atoms with Gasteiger partial charge in [-0.3, -0.25) is 4.79 Å². The second-order valence-electron chi connectivity index (χ2n) is 6.23. The molecule has 2 aromatic carbocycles. The number of hydrogen-bond donors (Lipinski definition) is 2. The van der Waals surface area contributed by atoms with Gasteiger partial charge in [0.25, 0.3) is 5.91 Å². The van der Waals surface area contributed by atoms with E-state index in [1.807, 2.05) is 30.3 Å². The number of carbonyl (C=O) groups is 1. The van der Waals surface area contributed by atoms with Crippen LogP contribution in [-0.2, 0) is 16.6 Å². The van der Waals surface area contributed by atoms with Crippen LogP contribution in [0.25, 0.3) is 0 Å². The van der Waals surface area contributed by atoms with Crippen LogP contribution >= 0.6 is 12.4 Å². The number of nitrogens with zero attached hydrogens (tertiary/aromatic N) is 1. The van der Waals surface area contributed by atoms with Gasteiger partial charge in [0, 0.05) is 31.7 Å². The van der Waals surface area contributed by atoms with Crippen LogP contribution in [0.1, 0.15) is 22.3 Å². The number of sulfonamides is 1. The molecule has 146 valence electrons. The minimum Gasteiger partial charge on any atom is -0.337 e. The quantitative estimate of drug-likeness (QED) is 0.791. The van der Waals surface area contributed by atoms with E-state index in [1.165, 1.54) is 12.1 Å². The first kappa shape index (κ1) is 21.4. The van der Waals surface area contributed by atoms with Crippen molar-refractivity contribution >= 4 is 28.3 Å². The fraction of sp³-hybridized carbons (Fsp3) is 0.316. The second-order valence-corrected chi connectivity index (χ2v) is 8.00. The van der Waals surface area contributed by atoms with E-state index >= 15 is 0 Å². The van der Waals surface area contributed by atoms with Crippen molar-refractivity contribution in [3.8, 4) is 0 Å². The maximum atomic E-state index is 12.7. The first-order valence-electron chi connectivity index (χ1n) is 8.70. The zero-order chi connectivity index (χ0) is 18.4. The Bertz CT molecular complexity index is 852. The van der Waals surface area contributed by atoms with Crippen molar-refractivity contribution < 1.29 is 13.2 Å². The lowest BCUT2D eigenvalue weighted by molar-refractivity contribution is 0.0766. The van der Waals surface area contributed by atoms with Crippen molar-refractivity contribution in [1.82, 2.24) is 14.9 Å². The maximum Gasteiger partial charge on any atom is 0.253 e. The number of amides is 1. The average molecular weight is 410 g/mol. The molecule has 27 heavy (non-hydrogen) atoms. The molecule has 2 N–H and O–H groups in total. The molecule has 2 aromatic rings. The van der Waals surface area contributed by atoms with Crippen molar-refractivity contribution in [3.05, 3.63) is 65.7 Å². The molecule has 0 aromatic heterocycles. The number of benzene rings is 2. The summed E-state index contributed by atoms with van der Waals surface area (Å²) in [6.45, 7) is 3.15. The molecule has 1 fully saturated rings. The van der Waals surface area contributed by atoms with E-state index in [-0.39, 0.29) is 29.8 Å². The minimum atomic E-state index is -3.69. The summed E-state index contributed by atoms with van der Waals surface area (Å²) in [4.78, 5) is 14.6. The zero-order valence-electron chi connectivity index (χ0n) is 14.9.